The molecule has 1 aromatic rings. The highest BCUT2D eigenvalue weighted by Crippen LogP contribution is 2.29. The van der Waals surface area contributed by atoms with Crippen LogP contribution < -0.4 is 21.7 Å². The van der Waals surface area contributed by atoms with Crippen molar-refractivity contribution in [2.75, 3.05) is 13.1 Å². The molecule has 0 atom stereocenters. The van der Waals surface area contributed by atoms with Gasteiger partial charge in [-0.15, -0.1) is 12.4 Å². The van der Waals surface area contributed by atoms with Gasteiger partial charge in [0.25, 0.3) is 0 Å². The van der Waals surface area contributed by atoms with Gasteiger partial charge in [0.05, 0.1) is 0 Å². The molecule has 6 nitrogen and oxygen atoms in total. The molecule has 0 bridgehead atoms. The maximum atomic E-state index is 12.4. The highest BCUT2D eigenvalue weighted by molar-refractivity contribution is 9.10. The molecule has 134 valence electrons. The van der Waals surface area contributed by atoms with E-state index in [-0.39, 0.29) is 24.3 Å². The van der Waals surface area contributed by atoms with Gasteiger partial charge < -0.3 is 21.7 Å². The summed E-state index contributed by atoms with van der Waals surface area (Å²) in [5.74, 6) is -0.141. The van der Waals surface area contributed by atoms with E-state index in [2.05, 4.69) is 31.9 Å². The molecule has 0 aromatic heterocycles. The molecule has 0 spiro atoms. The average Bonchev–Trinajstić information content (AvgIpc) is 3.00. The fraction of sp³-hybridized carbons (Fsp3) is 0.500. The lowest BCUT2D eigenvalue weighted by atomic mass is 9.96. The molecule has 2 rings (SSSR count). The van der Waals surface area contributed by atoms with Crippen molar-refractivity contribution in [2.45, 2.75) is 37.8 Å². The molecule has 1 fully saturated rings. The molecule has 1 aliphatic carbocycles. The molecule has 0 radical (unpaired) electrons. The Labute approximate surface area is 156 Å². The molecular formula is C16H24BrClN4O2. The van der Waals surface area contributed by atoms with E-state index in [4.69, 9.17) is 5.73 Å². The van der Waals surface area contributed by atoms with E-state index < -0.39 is 5.54 Å². The lowest BCUT2D eigenvalue weighted by Crippen LogP contribution is -2.59. The Morgan fingerprint density at radius 1 is 1.21 bits per heavy atom. The van der Waals surface area contributed by atoms with E-state index in [1.807, 2.05) is 24.3 Å². The van der Waals surface area contributed by atoms with Crippen molar-refractivity contribution in [1.29, 1.82) is 0 Å². The Bertz CT molecular complexity index is 565. The van der Waals surface area contributed by atoms with Gasteiger partial charge in [-0.05, 0) is 30.5 Å². The van der Waals surface area contributed by atoms with Gasteiger partial charge in [0, 0.05) is 24.1 Å². The average molecular weight is 420 g/mol. The number of nitrogens with one attached hydrogen (secondary N) is 3. The van der Waals surface area contributed by atoms with Crippen LogP contribution in [0.2, 0.25) is 0 Å². The molecule has 0 saturated heterocycles. The highest BCUT2D eigenvalue weighted by Gasteiger charge is 2.42. The third-order valence-corrected chi connectivity index (χ3v) is 4.51. The van der Waals surface area contributed by atoms with E-state index in [9.17, 15) is 9.59 Å². The molecule has 0 aliphatic heterocycles. The van der Waals surface area contributed by atoms with Crippen molar-refractivity contribution in [3.8, 4) is 0 Å². The Balaban J connectivity index is 0.00000288. The number of hydrogen-bond donors (Lipinski definition) is 4. The van der Waals surface area contributed by atoms with Crippen LogP contribution in [0.4, 0.5) is 4.79 Å². The largest absolute Gasteiger partial charge is 0.353 e. The monoisotopic (exact) mass is 418 g/mol. The molecule has 0 heterocycles. The van der Waals surface area contributed by atoms with Gasteiger partial charge in [0.2, 0.25) is 5.91 Å². The zero-order valence-corrected chi connectivity index (χ0v) is 15.8. The van der Waals surface area contributed by atoms with Gasteiger partial charge in [-0.25, -0.2) is 4.79 Å². The van der Waals surface area contributed by atoms with Crippen LogP contribution in [0.1, 0.15) is 31.2 Å². The number of hydrogen-bond acceptors (Lipinski definition) is 3. The van der Waals surface area contributed by atoms with E-state index in [0.717, 1.165) is 22.9 Å². The fourth-order valence-corrected chi connectivity index (χ4v) is 3.28. The maximum absolute atomic E-state index is 12.4. The summed E-state index contributed by atoms with van der Waals surface area (Å²) in [5.41, 5.74) is 5.61. The lowest BCUT2D eigenvalue weighted by Gasteiger charge is -2.29. The number of carbonyl (C=O) groups is 2. The third-order valence-electron chi connectivity index (χ3n) is 4.02. The Kier molecular flexibility index (Phi) is 8.52. The van der Waals surface area contributed by atoms with Crippen LogP contribution in [0.15, 0.2) is 28.7 Å². The summed E-state index contributed by atoms with van der Waals surface area (Å²) in [4.78, 5) is 24.6. The molecule has 8 heteroatoms. The van der Waals surface area contributed by atoms with Crippen LogP contribution in [0.3, 0.4) is 0 Å². The van der Waals surface area contributed by atoms with Gasteiger partial charge >= 0.3 is 6.03 Å². The highest BCUT2D eigenvalue weighted by atomic mass is 79.9. The summed E-state index contributed by atoms with van der Waals surface area (Å²) in [7, 11) is 0. The second-order valence-electron chi connectivity index (χ2n) is 5.77. The summed E-state index contributed by atoms with van der Waals surface area (Å²) >= 11 is 3.40. The van der Waals surface area contributed by atoms with Crippen molar-refractivity contribution < 1.29 is 9.59 Å². The van der Waals surface area contributed by atoms with Crippen molar-refractivity contribution in [3.63, 3.8) is 0 Å². The van der Waals surface area contributed by atoms with Crippen molar-refractivity contribution >= 4 is 40.3 Å². The standard InChI is InChI=1S/C16H23BrN4O2.ClH/c17-13-5-3-4-12(10-13)11-20-15(23)21-16(6-1-2-7-16)14(22)19-9-8-18;/h3-5,10H,1-2,6-9,11,18H2,(H,19,22)(H2,20,21,23);1H. The third kappa shape index (κ3) is 5.65. The topological polar surface area (TPSA) is 96.2 Å². The summed E-state index contributed by atoms with van der Waals surface area (Å²) < 4.78 is 0.964. The summed E-state index contributed by atoms with van der Waals surface area (Å²) in [6.45, 7) is 1.21. The van der Waals surface area contributed by atoms with Crippen molar-refractivity contribution in [1.82, 2.24) is 16.0 Å². The minimum absolute atomic E-state index is 0. The van der Waals surface area contributed by atoms with E-state index >= 15 is 0 Å². The number of carbonyl (C=O) groups excluding carboxylic acids is 2. The van der Waals surface area contributed by atoms with E-state index in [1.54, 1.807) is 0 Å². The van der Waals surface area contributed by atoms with E-state index in [0.29, 0.717) is 32.5 Å². The number of rotatable bonds is 6. The molecule has 5 N–H and O–H groups in total. The molecular weight excluding hydrogens is 396 g/mol. The number of nitrogens with two attached hydrogens (primary N) is 1. The number of halogens is 2. The first-order chi connectivity index (χ1) is 11.1. The molecule has 24 heavy (non-hydrogen) atoms. The summed E-state index contributed by atoms with van der Waals surface area (Å²) in [6.07, 6.45) is 3.19. The first-order valence-electron chi connectivity index (χ1n) is 7.84. The Hall–Kier alpha value is -1.31. The van der Waals surface area contributed by atoms with Gasteiger partial charge in [-0.1, -0.05) is 40.9 Å². The minimum Gasteiger partial charge on any atom is -0.353 e. The van der Waals surface area contributed by atoms with E-state index in [1.165, 1.54) is 0 Å². The first-order valence-corrected chi connectivity index (χ1v) is 8.64. The van der Waals surface area contributed by atoms with Gasteiger partial charge in [0.1, 0.15) is 5.54 Å². The summed E-state index contributed by atoms with van der Waals surface area (Å²) in [5, 5.41) is 8.47. The predicted molar refractivity (Wildman–Crippen MR) is 100 cm³/mol. The number of amides is 3. The number of urea groups is 1. The molecule has 0 unspecified atom stereocenters. The van der Waals surface area contributed by atoms with Gasteiger partial charge in [0.15, 0.2) is 0 Å². The smallest absolute Gasteiger partial charge is 0.315 e. The second-order valence-corrected chi connectivity index (χ2v) is 6.69. The van der Waals surface area contributed by atoms with Gasteiger partial charge in [-0.3, -0.25) is 4.79 Å². The maximum Gasteiger partial charge on any atom is 0.315 e. The fourth-order valence-electron chi connectivity index (χ4n) is 2.83. The Morgan fingerprint density at radius 3 is 2.54 bits per heavy atom. The van der Waals surface area contributed by atoms with Crippen molar-refractivity contribution in [3.05, 3.63) is 34.3 Å². The number of benzene rings is 1. The SMILES string of the molecule is Cl.NCCNC(=O)C1(NC(=O)NCc2cccc(Br)c2)CCCC1. The summed E-state index contributed by atoms with van der Waals surface area (Å²) in [6, 6.07) is 7.40. The van der Waals surface area contributed by atoms with Crippen LogP contribution in [0.5, 0.6) is 0 Å². The Morgan fingerprint density at radius 2 is 1.92 bits per heavy atom. The van der Waals surface area contributed by atoms with Gasteiger partial charge in [-0.2, -0.15) is 0 Å². The van der Waals surface area contributed by atoms with Crippen LogP contribution in [0, 0.1) is 0 Å². The van der Waals surface area contributed by atoms with Crippen LogP contribution >= 0.6 is 28.3 Å². The quantitative estimate of drug-likeness (QED) is 0.568. The lowest BCUT2D eigenvalue weighted by molar-refractivity contribution is -0.127. The minimum atomic E-state index is -0.809. The molecule has 1 saturated carbocycles. The zero-order valence-electron chi connectivity index (χ0n) is 13.4. The van der Waals surface area contributed by atoms with Crippen LogP contribution in [0.25, 0.3) is 0 Å². The van der Waals surface area contributed by atoms with Crippen LogP contribution in [-0.4, -0.2) is 30.6 Å². The van der Waals surface area contributed by atoms with Crippen LogP contribution in [-0.2, 0) is 11.3 Å². The second kappa shape index (κ2) is 9.86. The first kappa shape index (κ1) is 20.7. The normalized spacial score (nSPS) is 15.2. The molecule has 1 aromatic carbocycles. The molecule has 3 amide bonds. The zero-order chi connectivity index (χ0) is 16.7. The predicted octanol–water partition coefficient (Wildman–Crippen LogP) is 2.06. The van der Waals surface area contributed by atoms with Crippen molar-refractivity contribution in [2.24, 2.45) is 5.73 Å². The molecule has 1 aliphatic rings.